The number of rotatable bonds is 5. The van der Waals surface area contributed by atoms with Crippen molar-refractivity contribution in [3.63, 3.8) is 0 Å². The van der Waals surface area contributed by atoms with Gasteiger partial charge in [0.05, 0.1) is 0 Å². The van der Waals surface area contributed by atoms with Crippen LogP contribution in [0.1, 0.15) is 33.1 Å². The number of amides is 2. The Hall–Kier alpha value is -1.26. The molecule has 0 aromatic carbocycles. The van der Waals surface area contributed by atoms with Crippen LogP contribution in [0.15, 0.2) is 0 Å². The molecule has 5 nitrogen and oxygen atoms in total. The first-order valence-corrected chi connectivity index (χ1v) is 5.34. The number of hydrogen-bond acceptors (Lipinski definition) is 2. The highest BCUT2D eigenvalue weighted by molar-refractivity contribution is 5.83. The third-order valence-electron chi connectivity index (χ3n) is 2.68. The molecule has 0 unspecified atom stereocenters. The van der Waals surface area contributed by atoms with E-state index in [2.05, 4.69) is 10.6 Å². The summed E-state index contributed by atoms with van der Waals surface area (Å²) in [6, 6.07) is -0.921. The van der Waals surface area contributed by atoms with Crippen molar-refractivity contribution in [2.75, 3.05) is 0 Å². The molecule has 0 aliphatic heterocycles. The number of hydrogen-bond donors (Lipinski definition) is 3. The van der Waals surface area contributed by atoms with Crippen LogP contribution in [0.5, 0.6) is 0 Å². The molecular weight excluding hydrogens is 196 g/mol. The molecule has 1 rings (SSSR count). The molecule has 2 amide bonds. The first-order valence-electron chi connectivity index (χ1n) is 5.34. The van der Waals surface area contributed by atoms with Crippen LogP contribution in [0.4, 0.5) is 4.79 Å². The van der Waals surface area contributed by atoms with Crippen LogP contribution in [0.2, 0.25) is 0 Å². The van der Waals surface area contributed by atoms with E-state index in [4.69, 9.17) is 5.11 Å². The highest BCUT2D eigenvalue weighted by atomic mass is 16.4. The number of carbonyl (C=O) groups is 2. The highest BCUT2D eigenvalue weighted by Gasteiger charge is 2.28. The number of carboxylic acids is 1. The third kappa shape index (κ3) is 3.77. The molecule has 3 N–H and O–H groups in total. The second-order valence-corrected chi connectivity index (χ2v) is 4.09. The Balaban J connectivity index is 2.41. The Morgan fingerprint density at radius 1 is 1.47 bits per heavy atom. The van der Waals surface area contributed by atoms with E-state index in [1.54, 1.807) is 0 Å². The van der Waals surface area contributed by atoms with Gasteiger partial charge in [0, 0.05) is 6.04 Å². The lowest BCUT2D eigenvalue weighted by Gasteiger charge is -2.20. The standard InChI is InChI=1S/C10H18N2O3/c1-3-6(2)8(9(13)14)12-10(15)11-7-4-5-7/h6-8H,3-5H2,1-2H3,(H,13,14)(H2,11,12,15)/t6-,8+/m1/s1. The van der Waals surface area contributed by atoms with Crippen molar-refractivity contribution < 1.29 is 14.7 Å². The molecule has 0 radical (unpaired) electrons. The summed E-state index contributed by atoms with van der Waals surface area (Å²) < 4.78 is 0. The second kappa shape index (κ2) is 5.00. The van der Waals surface area contributed by atoms with Gasteiger partial charge in [0.25, 0.3) is 0 Å². The Morgan fingerprint density at radius 3 is 2.47 bits per heavy atom. The van der Waals surface area contributed by atoms with Crippen LogP contribution >= 0.6 is 0 Å². The zero-order valence-corrected chi connectivity index (χ0v) is 9.12. The fourth-order valence-corrected chi connectivity index (χ4v) is 1.28. The van der Waals surface area contributed by atoms with Crippen molar-refractivity contribution in [2.45, 2.75) is 45.2 Å². The summed E-state index contributed by atoms with van der Waals surface area (Å²) in [5.74, 6) is -1.04. The van der Waals surface area contributed by atoms with Gasteiger partial charge >= 0.3 is 12.0 Å². The topological polar surface area (TPSA) is 78.4 Å². The number of carboxylic acid groups (broad SMARTS) is 1. The van der Waals surface area contributed by atoms with Gasteiger partial charge in [-0.2, -0.15) is 0 Å². The summed E-state index contributed by atoms with van der Waals surface area (Å²) in [4.78, 5) is 22.2. The van der Waals surface area contributed by atoms with Gasteiger partial charge in [-0.05, 0) is 18.8 Å². The minimum absolute atomic E-state index is 0.0625. The molecule has 0 aromatic heterocycles. The van der Waals surface area contributed by atoms with Crippen LogP contribution in [-0.2, 0) is 4.79 Å². The van der Waals surface area contributed by atoms with Crippen molar-refractivity contribution in [3.05, 3.63) is 0 Å². The van der Waals surface area contributed by atoms with Gasteiger partial charge in [0.15, 0.2) is 0 Å². The molecule has 0 aromatic rings. The molecule has 5 heteroatoms. The van der Waals surface area contributed by atoms with Gasteiger partial charge in [0.1, 0.15) is 6.04 Å². The molecule has 86 valence electrons. The maximum Gasteiger partial charge on any atom is 0.326 e. The van der Waals surface area contributed by atoms with Gasteiger partial charge in [-0.25, -0.2) is 9.59 Å². The van der Waals surface area contributed by atoms with Crippen molar-refractivity contribution >= 4 is 12.0 Å². The Kier molecular flexibility index (Phi) is 3.94. The van der Waals surface area contributed by atoms with Gasteiger partial charge in [0.2, 0.25) is 0 Å². The van der Waals surface area contributed by atoms with E-state index >= 15 is 0 Å². The van der Waals surface area contributed by atoms with E-state index in [0.29, 0.717) is 0 Å². The maximum atomic E-state index is 11.3. The first-order chi connectivity index (χ1) is 7.04. The van der Waals surface area contributed by atoms with Crippen LogP contribution in [0.25, 0.3) is 0 Å². The number of aliphatic carboxylic acids is 1. The largest absolute Gasteiger partial charge is 0.480 e. The molecular formula is C10H18N2O3. The minimum Gasteiger partial charge on any atom is -0.480 e. The fraction of sp³-hybridized carbons (Fsp3) is 0.800. The van der Waals surface area contributed by atoms with Crippen molar-refractivity contribution in [1.82, 2.24) is 10.6 Å². The Bertz CT molecular complexity index is 251. The predicted molar refractivity (Wildman–Crippen MR) is 55.6 cm³/mol. The summed E-state index contributed by atoms with van der Waals surface area (Å²) in [6.45, 7) is 3.72. The predicted octanol–water partition coefficient (Wildman–Crippen LogP) is 0.947. The molecule has 0 heterocycles. The lowest BCUT2D eigenvalue weighted by Crippen LogP contribution is -2.49. The normalized spacial score (nSPS) is 19.1. The van der Waals surface area contributed by atoms with Crippen LogP contribution in [0.3, 0.4) is 0 Å². The van der Waals surface area contributed by atoms with E-state index in [0.717, 1.165) is 19.3 Å². The molecule has 1 aliphatic carbocycles. The Morgan fingerprint density at radius 2 is 2.07 bits per heavy atom. The summed E-state index contributed by atoms with van der Waals surface area (Å²) >= 11 is 0. The Labute approximate surface area is 89.2 Å². The van der Waals surface area contributed by atoms with Gasteiger partial charge < -0.3 is 15.7 Å². The van der Waals surface area contributed by atoms with E-state index in [-0.39, 0.29) is 18.0 Å². The molecule has 15 heavy (non-hydrogen) atoms. The highest BCUT2D eigenvalue weighted by Crippen LogP contribution is 2.18. The van der Waals surface area contributed by atoms with Crippen molar-refractivity contribution in [2.24, 2.45) is 5.92 Å². The fourth-order valence-electron chi connectivity index (χ4n) is 1.28. The number of carbonyl (C=O) groups excluding carboxylic acids is 1. The molecule has 0 spiro atoms. The molecule has 1 fully saturated rings. The lowest BCUT2D eigenvalue weighted by atomic mass is 9.99. The van der Waals surface area contributed by atoms with Crippen molar-refractivity contribution in [3.8, 4) is 0 Å². The summed E-state index contributed by atoms with van der Waals surface area (Å²) in [5.41, 5.74) is 0. The summed E-state index contributed by atoms with van der Waals surface area (Å²) in [6.07, 6.45) is 2.71. The average molecular weight is 214 g/mol. The molecule has 2 atom stereocenters. The molecule has 1 saturated carbocycles. The maximum absolute atomic E-state index is 11.3. The van der Waals surface area contributed by atoms with Crippen LogP contribution in [0, 0.1) is 5.92 Å². The molecule has 1 aliphatic rings. The average Bonchev–Trinajstić information content (AvgIpc) is 2.96. The summed E-state index contributed by atoms with van der Waals surface area (Å²) in [5, 5.41) is 14.1. The second-order valence-electron chi connectivity index (χ2n) is 4.09. The third-order valence-corrected chi connectivity index (χ3v) is 2.68. The zero-order valence-electron chi connectivity index (χ0n) is 9.12. The monoisotopic (exact) mass is 214 g/mol. The van der Waals surface area contributed by atoms with Gasteiger partial charge in [-0.1, -0.05) is 20.3 Å². The van der Waals surface area contributed by atoms with Crippen LogP contribution < -0.4 is 10.6 Å². The van der Waals surface area contributed by atoms with Crippen LogP contribution in [-0.4, -0.2) is 29.2 Å². The smallest absolute Gasteiger partial charge is 0.326 e. The van der Waals surface area contributed by atoms with E-state index in [1.165, 1.54) is 0 Å². The van der Waals surface area contributed by atoms with E-state index in [1.807, 2.05) is 13.8 Å². The lowest BCUT2D eigenvalue weighted by molar-refractivity contribution is -0.140. The summed E-state index contributed by atoms with van der Waals surface area (Å²) in [7, 11) is 0. The first kappa shape index (κ1) is 11.8. The zero-order chi connectivity index (χ0) is 11.4. The quantitative estimate of drug-likeness (QED) is 0.637. The minimum atomic E-state index is -0.977. The SMILES string of the molecule is CC[C@@H](C)[C@H](NC(=O)NC1CC1)C(=O)O. The number of nitrogens with one attached hydrogen (secondary N) is 2. The van der Waals surface area contributed by atoms with E-state index < -0.39 is 12.0 Å². The van der Waals surface area contributed by atoms with Gasteiger partial charge in [-0.3, -0.25) is 0 Å². The van der Waals surface area contributed by atoms with E-state index in [9.17, 15) is 9.59 Å². The van der Waals surface area contributed by atoms with Crippen molar-refractivity contribution in [1.29, 1.82) is 0 Å². The molecule has 0 bridgehead atoms. The van der Waals surface area contributed by atoms with Gasteiger partial charge in [-0.15, -0.1) is 0 Å². The number of urea groups is 1. The molecule has 0 saturated heterocycles.